The first-order valence-corrected chi connectivity index (χ1v) is 5.85. The lowest BCUT2D eigenvalue weighted by Gasteiger charge is -2.14. The molecule has 1 aliphatic rings. The standard InChI is InChI=1S/C13H9F2N3O2/c14-9-1-7-4-18(5-8(7)2-10(9)15)13(20)11-3-12(19)17-6-16-11/h1-3,6H,4-5H2,(H,16,17,19). The van der Waals surface area contributed by atoms with Crippen molar-refractivity contribution in [2.45, 2.75) is 13.1 Å². The van der Waals surface area contributed by atoms with Crippen molar-refractivity contribution in [3.8, 4) is 0 Å². The summed E-state index contributed by atoms with van der Waals surface area (Å²) < 4.78 is 26.3. The topological polar surface area (TPSA) is 66.1 Å². The summed E-state index contributed by atoms with van der Waals surface area (Å²) in [6.07, 6.45) is 1.14. The average molecular weight is 277 g/mol. The third-order valence-corrected chi connectivity index (χ3v) is 3.15. The Labute approximate surface area is 111 Å². The Kier molecular flexibility index (Phi) is 2.81. The molecule has 1 aromatic heterocycles. The van der Waals surface area contributed by atoms with Crippen molar-refractivity contribution < 1.29 is 13.6 Å². The van der Waals surface area contributed by atoms with Crippen LogP contribution in [0.15, 0.2) is 29.3 Å². The Morgan fingerprint density at radius 1 is 1.15 bits per heavy atom. The monoisotopic (exact) mass is 277 g/mol. The maximum Gasteiger partial charge on any atom is 0.273 e. The maximum atomic E-state index is 13.1. The summed E-state index contributed by atoms with van der Waals surface area (Å²) in [6, 6.07) is 3.26. The van der Waals surface area contributed by atoms with Crippen LogP contribution in [-0.2, 0) is 13.1 Å². The molecule has 1 N–H and O–H groups in total. The zero-order chi connectivity index (χ0) is 14.3. The highest BCUT2D eigenvalue weighted by atomic mass is 19.2. The fourth-order valence-electron chi connectivity index (χ4n) is 2.18. The number of nitrogens with one attached hydrogen (secondary N) is 1. The highest BCUT2D eigenvalue weighted by Gasteiger charge is 2.26. The summed E-state index contributed by atoms with van der Waals surface area (Å²) in [5, 5.41) is 0. The van der Waals surface area contributed by atoms with E-state index < -0.39 is 23.1 Å². The number of amides is 1. The van der Waals surface area contributed by atoms with Gasteiger partial charge in [0.15, 0.2) is 11.6 Å². The van der Waals surface area contributed by atoms with Gasteiger partial charge in [-0.15, -0.1) is 0 Å². The van der Waals surface area contributed by atoms with Crippen molar-refractivity contribution in [3.05, 3.63) is 63.3 Å². The first-order valence-electron chi connectivity index (χ1n) is 5.85. The minimum absolute atomic E-state index is 0.00231. The molecule has 1 aliphatic heterocycles. The minimum atomic E-state index is -0.938. The Morgan fingerprint density at radius 2 is 1.75 bits per heavy atom. The lowest BCUT2D eigenvalue weighted by atomic mass is 10.1. The molecule has 0 radical (unpaired) electrons. The minimum Gasteiger partial charge on any atom is -0.329 e. The Balaban J connectivity index is 1.88. The second-order valence-electron chi connectivity index (χ2n) is 4.49. The van der Waals surface area contributed by atoms with Crippen LogP contribution in [0.5, 0.6) is 0 Å². The van der Waals surface area contributed by atoms with E-state index in [1.165, 1.54) is 4.90 Å². The van der Waals surface area contributed by atoms with Gasteiger partial charge in [-0.2, -0.15) is 0 Å². The molecule has 1 aromatic carbocycles. The fourth-order valence-corrected chi connectivity index (χ4v) is 2.18. The van der Waals surface area contributed by atoms with Crippen molar-refractivity contribution in [1.29, 1.82) is 0 Å². The predicted molar refractivity (Wildman–Crippen MR) is 64.8 cm³/mol. The van der Waals surface area contributed by atoms with Crippen LogP contribution in [-0.4, -0.2) is 20.8 Å². The van der Waals surface area contributed by atoms with Crippen LogP contribution in [0.25, 0.3) is 0 Å². The number of aromatic amines is 1. The highest BCUT2D eigenvalue weighted by Crippen LogP contribution is 2.26. The van der Waals surface area contributed by atoms with Crippen LogP contribution in [0.2, 0.25) is 0 Å². The highest BCUT2D eigenvalue weighted by molar-refractivity contribution is 5.92. The lowest BCUT2D eigenvalue weighted by molar-refractivity contribution is 0.0745. The van der Waals surface area contributed by atoms with Crippen molar-refractivity contribution in [2.75, 3.05) is 0 Å². The van der Waals surface area contributed by atoms with E-state index in [0.29, 0.717) is 11.1 Å². The van der Waals surface area contributed by atoms with Gasteiger partial charge in [0.1, 0.15) is 5.69 Å². The van der Waals surface area contributed by atoms with E-state index in [4.69, 9.17) is 0 Å². The molecule has 2 heterocycles. The largest absolute Gasteiger partial charge is 0.329 e. The summed E-state index contributed by atoms with van der Waals surface area (Å²) in [6.45, 7) is 0.333. The molecule has 0 spiro atoms. The van der Waals surface area contributed by atoms with Gasteiger partial charge in [0.05, 0.1) is 6.33 Å². The average Bonchev–Trinajstić information content (AvgIpc) is 2.81. The van der Waals surface area contributed by atoms with Gasteiger partial charge >= 0.3 is 0 Å². The molecule has 102 valence electrons. The Morgan fingerprint density at radius 3 is 2.30 bits per heavy atom. The Hall–Kier alpha value is -2.57. The third-order valence-electron chi connectivity index (χ3n) is 3.15. The molecular weight excluding hydrogens is 268 g/mol. The molecule has 0 saturated carbocycles. The van der Waals surface area contributed by atoms with Crippen molar-refractivity contribution in [1.82, 2.24) is 14.9 Å². The van der Waals surface area contributed by atoms with E-state index in [-0.39, 0.29) is 18.8 Å². The number of hydrogen-bond acceptors (Lipinski definition) is 3. The van der Waals surface area contributed by atoms with Crippen LogP contribution in [0.1, 0.15) is 21.6 Å². The number of nitrogens with zero attached hydrogens (tertiary/aromatic N) is 2. The number of rotatable bonds is 1. The van der Waals surface area contributed by atoms with Gasteiger partial charge in [0.2, 0.25) is 0 Å². The van der Waals surface area contributed by atoms with Crippen LogP contribution in [0, 0.1) is 11.6 Å². The smallest absolute Gasteiger partial charge is 0.273 e. The van der Waals surface area contributed by atoms with Crippen molar-refractivity contribution in [2.24, 2.45) is 0 Å². The SMILES string of the molecule is O=C(c1cc(=O)[nH]cn1)N1Cc2cc(F)c(F)cc2C1. The first-order chi connectivity index (χ1) is 9.54. The van der Waals surface area contributed by atoms with Gasteiger partial charge in [-0.1, -0.05) is 0 Å². The zero-order valence-electron chi connectivity index (χ0n) is 10.2. The third kappa shape index (κ3) is 2.07. The molecule has 7 heteroatoms. The molecule has 0 fully saturated rings. The summed E-state index contributed by atoms with van der Waals surface area (Å²) in [7, 11) is 0. The molecule has 0 unspecified atom stereocenters. The predicted octanol–water partition coefficient (Wildman–Crippen LogP) is 1.20. The number of H-pyrrole nitrogens is 1. The zero-order valence-corrected chi connectivity index (χ0v) is 10.2. The molecule has 3 rings (SSSR count). The summed E-state index contributed by atoms with van der Waals surface area (Å²) in [5.41, 5.74) is 0.684. The number of fused-ring (bicyclic) bond motifs is 1. The van der Waals surface area contributed by atoms with Gasteiger partial charge in [-0.05, 0) is 23.3 Å². The number of halogens is 2. The normalized spacial score (nSPS) is 13.4. The molecule has 20 heavy (non-hydrogen) atoms. The van der Waals surface area contributed by atoms with Gasteiger partial charge in [-0.25, -0.2) is 13.8 Å². The van der Waals surface area contributed by atoms with Crippen molar-refractivity contribution in [3.63, 3.8) is 0 Å². The number of hydrogen-bond donors (Lipinski definition) is 1. The van der Waals surface area contributed by atoms with E-state index >= 15 is 0 Å². The van der Waals surface area contributed by atoms with Gasteiger partial charge in [0, 0.05) is 19.2 Å². The summed E-state index contributed by atoms with van der Waals surface area (Å²) >= 11 is 0. The molecule has 5 nitrogen and oxygen atoms in total. The van der Waals surface area contributed by atoms with Crippen LogP contribution >= 0.6 is 0 Å². The fraction of sp³-hybridized carbons (Fsp3) is 0.154. The van der Waals surface area contributed by atoms with E-state index in [9.17, 15) is 18.4 Å². The number of carbonyl (C=O) groups is 1. The molecule has 0 aliphatic carbocycles. The lowest BCUT2D eigenvalue weighted by Crippen LogP contribution is -2.27. The summed E-state index contributed by atoms with van der Waals surface area (Å²) in [4.78, 5) is 30.8. The molecule has 0 saturated heterocycles. The van der Waals surface area contributed by atoms with Crippen LogP contribution < -0.4 is 5.56 Å². The number of carbonyl (C=O) groups excluding carboxylic acids is 1. The van der Waals surface area contributed by atoms with Crippen molar-refractivity contribution >= 4 is 5.91 Å². The van der Waals surface area contributed by atoms with Crippen LogP contribution in [0.4, 0.5) is 8.78 Å². The van der Waals surface area contributed by atoms with E-state index in [0.717, 1.165) is 24.5 Å². The molecule has 1 amide bonds. The van der Waals surface area contributed by atoms with Crippen LogP contribution in [0.3, 0.4) is 0 Å². The molecule has 0 atom stereocenters. The van der Waals surface area contributed by atoms with Gasteiger partial charge < -0.3 is 9.88 Å². The maximum absolute atomic E-state index is 13.1. The second-order valence-corrected chi connectivity index (χ2v) is 4.49. The molecular formula is C13H9F2N3O2. The number of benzene rings is 1. The van der Waals surface area contributed by atoms with E-state index in [1.54, 1.807) is 0 Å². The number of aromatic nitrogens is 2. The second kappa shape index (κ2) is 4.52. The van der Waals surface area contributed by atoms with E-state index in [1.807, 2.05) is 0 Å². The van der Waals surface area contributed by atoms with Gasteiger partial charge in [0.25, 0.3) is 11.5 Å². The molecule has 0 bridgehead atoms. The van der Waals surface area contributed by atoms with E-state index in [2.05, 4.69) is 9.97 Å². The quantitative estimate of drug-likeness (QED) is 0.852. The first kappa shape index (κ1) is 12.5. The van der Waals surface area contributed by atoms with Gasteiger partial charge in [-0.3, -0.25) is 9.59 Å². The molecule has 2 aromatic rings. The summed E-state index contributed by atoms with van der Waals surface area (Å²) in [5.74, 6) is -2.33. The Bertz CT molecular complexity index is 727.